The van der Waals surface area contributed by atoms with E-state index >= 15 is 0 Å². The minimum absolute atomic E-state index is 0.0576. The predicted octanol–water partition coefficient (Wildman–Crippen LogP) is 2.54. The molecule has 1 rings (SSSR count). The molecule has 0 atom stereocenters. The zero-order chi connectivity index (χ0) is 15.7. The summed E-state index contributed by atoms with van der Waals surface area (Å²) >= 11 is 0. The second-order valence-corrected chi connectivity index (χ2v) is 6.58. The van der Waals surface area contributed by atoms with Gasteiger partial charge in [0.05, 0.1) is 5.69 Å². The van der Waals surface area contributed by atoms with Crippen LogP contribution in [0.2, 0.25) is 0 Å². The van der Waals surface area contributed by atoms with Crippen molar-refractivity contribution in [1.29, 1.82) is 0 Å². The first-order valence-electron chi connectivity index (χ1n) is 5.90. The Balaban J connectivity index is 3.38. The van der Waals surface area contributed by atoms with Crippen LogP contribution in [0.1, 0.15) is 19.4 Å². The van der Waals surface area contributed by atoms with Crippen molar-refractivity contribution in [2.24, 2.45) is 0 Å². The van der Waals surface area contributed by atoms with E-state index in [-0.39, 0.29) is 10.6 Å². The van der Waals surface area contributed by atoms with E-state index in [0.29, 0.717) is 9.87 Å². The van der Waals surface area contributed by atoms with Crippen molar-refractivity contribution in [1.82, 2.24) is 4.31 Å². The van der Waals surface area contributed by atoms with Crippen molar-refractivity contribution in [2.75, 3.05) is 12.3 Å². The number of sulfonamides is 1. The van der Waals surface area contributed by atoms with Gasteiger partial charge in [-0.3, -0.25) is 0 Å². The summed E-state index contributed by atoms with van der Waals surface area (Å²) in [6.07, 6.45) is -4.62. The Morgan fingerprint density at radius 3 is 2.25 bits per heavy atom. The predicted molar refractivity (Wildman–Crippen MR) is 70.7 cm³/mol. The molecular formula is C12H17F3N2O2S. The lowest BCUT2D eigenvalue weighted by atomic mass is 10.2. The lowest BCUT2D eigenvalue weighted by Gasteiger charge is -2.28. The molecule has 1 aromatic rings. The molecule has 0 heterocycles. The Kier molecular flexibility index (Phi) is 4.70. The topological polar surface area (TPSA) is 63.4 Å². The van der Waals surface area contributed by atoms with Crippen LogP contribution in [-0.4, -0.2) is 31.5 Å². The summed E-state index contributed by atoms with van der Waals surface area (Å²) in [5, 5.41) is 0. The van der Waals surface area contributed by atoms with Gasteiger partial charge in [0.2, 0.25) is 10.0 Å². The first kappa shape index (κ1) is 16.8. The van der Waals surface area contributed by atoms with Crippen molar-refractivity contribution in [3.63, 3.8) is 0 Å². The number of hydrogen-bond donors (Lipinski definition) is 1. The number of aryl methyl sites for hydroxylation is 1. The number of halogens is 3. The molecular weight excluding hydrogens is 293 g/mol. The Morgan fingerprint density at radius 2 is 1.85 bits per heavy atom. The van der Waals surface area contributed by atoms with Crippen LogP contribution in [0, 0.1) is 6.92 Å². The van der Waals surface area contributed by atoms with E-state index in [2.05, 4.69) is 0 Å². The third-order valence-electron chi connectivity index (χ3n) is 2.72. The molecule has 2 N–H and O–H groups in total. The number of hydrogen-bond acceptors (Lipinski definition) is 3. The highest BCUT2D eigenvalue weighted by atomic mass is 32.2. The van der Waals surface area contributed by atoms with Gasteiger partial charge in [0.1, 0.15) is 11.4 Å². The van der Waals surface area contributed by atoms with Gasteiger partial charge in [-0.15, -0.1) is 0 Å². The molecule has 0 aliphatic heterocycles. The lowest BCUT2D eigenvalue weighted by molar-refractivity contribution is -0.138. The fourth-order valence-corrected chi connectivity index (χ4v) is 3.81. The first-order chi connectivity index (χ1) is 8.97. The summed E-state index contributed by atoms with van der Waals surface area (Å²) in [5.74, 6) is 0. The van der Waals surface area contributed by atoms with Gasteiger partial charge in [0.15, 0.2) is 0 Å². The average molecular weight is 310 g/mol. The molecule has 0 radical (unpaired) electrons. The average Bonchev–Trinajstić information content (AvgIpc) is 2.23. The van der Waals surface area contributed by atoms with Crippen molar-refractivity contribution in [2.45, 2.75) is 37.9 Å². The van der Waals surface area contributed by atoms with Crippen LogP contribution < -0.4 is 5.73 Å². The van der Waals surface area contributed by atoms with Crippen LogP contribution in [0.3, 0.4) is 0 Å². The van der Waals surface area contributed by atoms with Gasteiger partial charge in [0.25, 0.3) is 0 Å². The van der Waals surface area contributed by atoms with Gasteiger partial charge in [-0.2, -0.15) is 17.5 Å². The molecule has 20 heavy (non-hydrogen) atoms. The van der Waals surface area contributed by atoms with Crippen LogP contribution in [0.15, 0.2) is 23.1 Å². The molecule has 0 spiro atoms. The molecule has 0 amide bonds. The number of rotatable bonds is 4. The first-order valence-corrected chi connectivity index (χ1v) is 7.34. The van der Waals surface area contributed by atoms with Gasteiger partial charge >= 0.3 is 6.18 Å². The largest absolute Gasteiger partial charge is 0.402 e. The Labute approximate surface area is 116 Å². The number of alkyl halides is 3. The third-order valence-corrected chi connectivity index (χ3v) is 4.96. The molecule has 0 aliphatic carbocycles. The number of benzene rings is 1. The maximum absolute atomic E-state index is 12.6. The number of nitrogens with two attached hydrogens (primary N) is 1. The molecule has 4 nitrogen and oxygen atoms in total. The van der Waals surface area contributed by atoms with Crippen LogP contribution in [0.5, 0.6) is 0 Å². The van der Waals surface area contributed by atoms with Gasteiger partial charge in [-0.05, 0) is 32.4 Å². The SMILES string of the molecule is Cc1cccc(N)c1S(=O)(=O)N(CC(F)(F)F)C(C)C. The van der Waals surface area contributed by atoms with Crippen molar-refractivity contribution >= 4 is 15.7 Å². The Hall–Kier alpha value is -1.28. The van der Waals surface area contributed by atoms with E-state index in [1.807, 2.05) is 0 Å². The summed E-state index contributed by atoms with van der Waals surface area (Å²) in [6.45, 7) is 2.73. The molecule has 0 aliphatic rings. The monoisotopic (exact) mass is 310 g/mol. The molecule has 1 aromatic carbocycles. The van der Waals surface area contributed by atoms with E-state index in [4.69, 9.17) is 5.73 Å². The third kappa shape index (κ3) is 3.63. The summed E-state index contributed by atoms with van der Waals surface area (Å²) < 4.78 is 63.0. The maximum atomic E-state index is 12.6. The van der Waals surface area contributed by atoms with Crippen molar-refractivity contribution in [3.8, 4) is 0 Å². The van der Waals surface area contributed by atoms with Crippen LogP contribution >= 0.6 is 0 Å². The van der Waals surface area contributed by atoms with E-state index in [1.165, 1.54) is 32.9 Å². The Morgan fingerprint density at radius 1 is 1.30 bits per heavy atom. The highest BCUT2D eigenvalue weighted by molar-refractivity contribution is 7.89. The summed E-state index contributed by atoms with van der Waals surface area (Å²) in [5.41, 5.74) is 5.88. The molecule has 114 valence electrons. The minimum Gasteiger partial charge on any atom is -0.398 e. The second kappa shape index (κ2) is 5.61. The van der Waals surface area contributed by atoms with Crippen LogP contribution in [-0.2, 0) is 10.0 Å². The van der Waals surface area contributed by atoms with Gasteiger partial charge < -0.3 is 5.73 Å². The zero-order valence-corrected chi connectivity index (χ0v) is 12.2. The van der Waals surface area contributed by atoms with Crippen molar-refractivity contribution < 1.29 is 21.6 Å². The highest BCUT2D eigenvalue weighted by Gasteiger charge is 2.39. The smallest absolute Gasteiger partial charge is 0.398 e. The van der Waals surface area contributed by atoms with E-state index < -0.39 is 28.8 Å². The maximum Gasteiger partial charge on any atom is 0.402 e. The van der Waals surface area contributed by atoms with E-state index in [1.54, 1.807) is 6.07 Å². The number of nitrogen functional groups attached to an aromatic ring is 1. The van der Waals surface area contributed by atoms with Gasteiger partial charge in [-0.25, -0.2) is 8.42 Å². The van der Waals surface area contributed by atoms with Crippen LogP contribution in [0.25, 0.3) is 0 Å². The van der Waals surface area contributed by atoms with Gasteiger partial charge in [0, 0.05) is 6.04 Å². The fraction of sp³-hybridized carbons (Fsp3) is 0.500. The molecule has 0 unspecified atom stereocenters. The number of nitrogens with zero attached hydrogens (tertiary/aromatic N) is 1. The van der Waals surface area contributed by atoms with Crippen molar-refractivity contribution in [3.05, 3.63) is 23.8 Å². The number of anilines is 1. The molecule has 0 saturated heterocycles. The lowest BCUT2D eigenvalue weighted by Crippen LogP contribution is -2.43. The molecule has 0 bridgehead atoms. The fourth-order valence-electron chi connectivity index (χ4n) is 1.87. The minimum atomic E-state index is -4.62. The van der Waals surface area contributed by atoms with Crippen LogP contribution in [0.4, 0.5) is 18.9 Å². The second-order valence-electron chi connectivity index (χ2n) is 4.75. The van der Waals surface area contributed by atoms with E-state index in [0.717, 1.165) is 0 Å². The molecule has 8 heteroatoms. The molecule has 0 aromatic heterocycles. The highest BCUT2D eigenvalue weighted by Crippen LogP contribution is 2.29. The van der Waals surface area contributed by atoms with E-state index in [9.17, 15) is 21.6 Å². The molecule has 0 saturated carbocycles. The zero-order valence-electron chi connectivity index (χ0n) is 11.4. The standard InChI is InChI=1S/C12H17F3N2O2S/c1-8(2)17(7-12(13,14)15)20(18,19)11-9(3)5-4-6-10(11)16/h4-6,8H,7,16H2,1-3H3. The van der Waals surface area contributed by atoms with Gasteiger partial charge in [-0.1, -0.05) is 12.1 Å². The summed E-state index contributed by atoms with van der Waals surface area (Å²) in [6, 6.07) is 3.56. The summed E-state index contributed by atoms with van der Waals surface area (Å²) in [7, 11) is -4.31. The normalized spacial score (nSPS) is 13.2. The molecule has 0 fully saturated rings. The Bertz CT molecular complexity index is 563. The summed E-state index contributed by atoms with van der Waals surface area (Å²) in [4.78, 5) is -0.266. The quantitative estimate of drug-likeness (QED) is 0.869.